The SMILES string of the molecule is Cc1ccc(S(=O)(=O)OC[C@@H]2C[C@H](CN=[N+]=[N-])C[C@H](COS(=O)(=O)c3ccc(C)cc3)N2)cc1. The molecule has 0 unspecified atom stereocenters. The number of benzene rings is 2. The molecule has 184 valence electrons. The topological polar surface area (TPSA) is 148 Å². The Morgan fingerprint density at radius 1 is 0.853 bits per heavy atom. The van der Waals surface area contributed by atoms with Crippen LogP contribution in [0, 0.1) is 19.8 Å². The summed E-state index contributed by atoms with van der Waals surface area (Å²) >= 11 is 0. The molecule has 2 aromatic carbocycles. The van der Waals surface area contributed by atoms with Crippen molar-refractivity contribution in [2.24, 2.45) is 11.0 Å². The van der Waals surface area contributed by atoms with Crippen molar-refractivity contribution in [3.8, 4) is 0 Å². The molecule has 0 aliphatic carbocycles. The summed E-state index contributed by atoms with van der Waals surface area (Å²) in [4.78, 5) is 2.91. The summed E-state index contributed by atoms with van der Waals surface area (Å²) in [5, 5.41) is 6.84. The van der Waals surface area contributed by atoms with Crippen LogP contribution in [0.5, 0.6) is 0 Å². The first kappa shape index (κ1) is 26.1. The van der Waals surface area contributed by atoms with Gasteiger partial charge in [-0.15, -0.1) is 0 Å². The van der Waals surface area contributed by atoms with Crippen LogP contribution in [0.3, 0.4) is 0 Å². The van der Waals surface area contributed by atoms with Crippen LogP contribution < -0.4 is 5.32 Å². The van der Waals surface area contributed by atoms with Gasteiger partial charge in [-0.05, 0) is 62.4 Å². The van der Waals surface area contributed by atoms with E-state index in [-0.39, 0.29) is 35.5 Å². The second kappa shape index (κ2) is 11.3. The van der Waals surface area contributed by atoms with E-state index in [1.807, 2.05) is 13.8 Å². The summed E-state index contributed by atoms with van der Waals surface area (Å²) in [5.74, 6) is -0.0801. The van der Waals surface area contributed by atoms with E-state index in [1.54, 1.807) is 24.3 Å². The highest BCUT2D eigenvalue weighted by Crippen LogP contribution is 2.24. The zero-order valence-electron chi connectivity index (χ0n) is 19.0. The molecule has 3 rings (SSSR count). The molecule has 12 heteroatoms. The minimum atomic E-state index is -3.95. The number of nitrogens with zero attached hydrogens (tertiary/aromatic N) is 3. The highest BCUT2D eigenvalue weighted by molar-refractivity contribution is 7.87. The number of piperidine rings is 1. The number of rotatable bonds is 10. The highest BCUT2D eigenvalue weighted by atomic mass is 32.2. The molecule has 1 N–H and O–H groups in total. The quantitative estimate of drug-likeness (QED) is 0.224. The van der Waals surface area contributed by atoms with Gasteiger partial charge in [0.1, 0.15) is 0 Å². The Balaban J connectivity index is 1.65. The van der Waals surface area contributed by atoms with Gasteiger partial charge in [0.15, 0.2) is 0 Å². The van der Waals surface area contributed by atoms with Crippen molar-refractivity contribution in [1.82, 2.24) is 5.32 Å². The summed E-state index contributed by atoms with van der Waals surface area (Å²) in [6, 6.07) is 11.9. The first-order valence-electron chi connectivity index (χ1n) is 10.8. The lowest BCUT2D eigenvalue weighted by Crippen LogP contribution is -2.50. The fraction of sp³-hybridized carbons (Fsp3) is 0.455. The first-order chi connectivity index (χ1) is 16.1. The minimum Gasteiger partial charge on any atom is -0.307 e. The van der Waals surface area contributed by atoms with Gasteiger partial charge in [-0.25, -0.2) is 0 Å². The van der Waals surface area contributed by atoms with E-state index in [9.17, 15) is 16.8 Å². The summed E-state index contributed by atoms with van der Waals surface area (Å²) < 4.78 is 60.7. The molecule has 1 saturated heterocycles. The lowest BCUT2D eigenvalue weighted by molar-refractivity contribution is 0.150. The van der Waals surface area contributed by atoms with E-state index in [2.05, 4.69) is 15.3 Å². The van der Waals surface area contributed by atoms with Gasteiger partial charge >= 0.3 is 0 Å². The monoisotopic (exact) mass is 508 g/mol. The molecule has 0 bridgehead atoms. The van der Waals surface area contributed by atoms with Gasteiger partial charge in [0.05, 0.1) is 23.0 Å². The number of aryl methyl sites for hydroxylation is 2. The van der Waals surface area contributed by atoms with Crippen LogP contribution in [0.4, 0.5) is 0 Å². The summed E-state index contributed by atoms with van der Waals surface area (Å²) in [6.07, 6.45) is 1.01. The predicted octanol–water partition coefficient (Wildman–Crippen LogP) is 3.46. The van der Waals surface area contributed by atoms with Crippen molar-refractivity contribution < 1.29 is 25.2 Å². The third-order valence-corrected chi connectivity index (χ3v) is 8.17. The Bertz CT molecular complexity index is 1140. The second-order valence-electron chi connectivity index (χ2n) is 8.41. The Morgan fingerprint density at radius 2 is 1.26 bits per heavy atom. The van der Waals surface area contributed by atoms with E-state index < -0.39 is 32.3 Å². The second-order valence-corrected chi connectivity index (χ2v) is 11.6. The standard InChI is InChI=1S/C22H28N4O6S2/c1-16-3-7-21(8-4-16)33(27,28)31-14-19-11-18(13-24-26-23)12-20(25-19)15-32-34(29,30)22-9-5-17(2)6-10-22/h3-10,18-20,25H,11-15H2,1-2H3/t18-,19-,20+. The van der Waals surface area contributed by atoms with Crippen LogP contribution in [0.15, 0.2) is 63.4 Å². The van der Waals surface area contributed by atoms with Crippen LogP contribution in [0.1, 0.15) is 24.0 Å². The van der Waals surface area contributed by atoms with E-state index in [1.165, 1.54) is 24.3 Å². The zero-order valence-corrected chi connectivity index (χ0v) is 20.6. The minimum absolute atomic E-state index is 0.0589. The maximum atomic E-state index is 12.5. The molecule has 10 nitrogen and oxygen atoms in total. The average molecular weight is 509 g/mol. The predicted molar refractivity (Wildman–Crippen MR) is 126 cm³/mol. The van der Waals surface area contributed by atoms with E-state index >= 15 is 0 Å². The Morgan fingerprint density at radius 3 is 1.65 bits per heavy atom. The molecule has 2 aromatic rings. The highest BCUT2D eigenvalue weighted by Gasteiger charge is 2.31. The van der Waals surface area contributed by atoms with Gasteiger partial charge in [0, 0.05) is 23.5 Å². The molecule has 34 heavy (non-hydrogen) atoms. The molecule has 3 atom stereocenters. The van der Waals surface area contributed by atoms with Gasteiger partial charge in [-0.1, -0.05) is 40.5 Å². The molecule has 0 amide bonds. The fourth-order valence-electron chi connectivity index (χ4n) is 3.79. The molecule has 0 aromatic heterocycles. The van der Waals surface area contributed by atoms with Crippen molar-refractivity contribution in [2.75, 3.05) is 19.8 Å². The van der Waals surface area contributed by atoms with E-state index in [4.69, 9.17) is 13.9 Å². The number of azide groups is 1. The van der Waals surface area contributed by atoms with Crippen LogP contribution in [0.2, 0.25) is 0 Å². The average Bonchev–Trinajstić information content (AvgIpc) is 2.81. The van der Waals surface area contributed by atoms with Crippen LogP contribution in [-0.4, -0.2) is 48.7 Å². The van der Waals surface area contributed by atoms with E-state index in [0.29, 0.717) is 12.8 Å². The lowest BCUT2D eigenvalue weighted by atomic mass is 9.88. The molecule has 0 saturated carbocycles. The molecule has 0 spiro atoms. The normalized spacial score (nSPS) is 21.1. The number of nitrogens with one attached hydrogen (secondary N) is 1. The van der Waals surface area contributed by atoms with Gasteiger partial charge in [0.25, 0.3) is 20.2 Å². The largest absolute Gasteiger partial charge is 0.307 e. The molecule has 1 aliphatic heterocycles. The van der Waals surface area contributed by atoms with Crippen molar-refractivity contribution >= 4 is 20.2 Å². The molecular formula is C22H28N4O6S2. The third-order valence-electron chi connectivity index (χ3n) is 5.58. The van der Waals surface area contributed by atoms with Gasteiger partial charge < -0.3 is 5.32 Å². The Labute approximate surface area is 200 Å². The van der Waals surface area contributed by atoms with Crippen LogP contribution >= 0.6 is 0 Å². The summed E-state index contributed by atoms with van der Waals surface area (Å²) in [5.41, 5.74) is 10.5. The van der Waals surface area contributed by atoms with Gasteiger partial charge in [0.2, 0.25) is 0 Å². The smallest absolute Gasteiger partial charge is 0.297 e. The maximum Gasteiger partial charge on any atom is 0.297 e. The Hall–Kier alpha value is -2.47. The van der Waals surface area contributed by atoms with E-state index in [0.717, 1.165) is 11.1 Å². The lowest BCUT2D eigenvalue weighted by Gasteiger charge is -2.35. The molecule has 0 radical (unpaired) electrons. The van der Waals surface area contributed by atoms with Crippen LogP contribution in [0.25, 0.3) is 10.4 Å². The van der Waals surface area contributed by atoms with Gasteiger partial charge in [-0.2, -0.15) is 16.8 Å². The third kappa shape index (κ3) is 7.26. The summed E-state index contributed by atoms with van der Waals surface area (Å²) in [6.45, 7) is 3.62. The fourth-order valence-corrected chi connectivity index (χ4v) is 5.69. The summed E-state index contributed by atoms with van der Waals surface area (Å²) in [7, 11) is -7.91. The van der Waals surface area contributed by atoms with Crippen molar-refractivity contribution in [2.45, 2.75) is 48.6 Å². The molecule has 1 fully saturated rings. The van der Waals surface area contributed by atoms with Gasteiger partial charge in [-0.3, -0.25) is 8.37 Å². The molecule has 1 heterocycles. The number of hydrogen-bond donors (Lipinski definition) is 1. The Kier molecular flexibility index (Phi) is 8.69. The van der Waals surface area contributed by atoms with Crippen molar-refractivity contribution in [1.29, 1.82) is 0 Å². The zero-order chi connectivity index (χ0) is 24.8. The molecule has 1 aliphatic rings. The molecular weight excluding hydrogens is 480 g/mol. The van der Waals surface area contributed by atoms with Crippen molar-refractivity contribution in [3.63, 3.8) is 0 Å². The first-order valence-corrected chi connectivity index (χ1v) is 13.6. The maximum absolute atomic E-state index is 12.5. The van der Waals surface area contributed by atoms with Crippen molar-refractivity contribution in [3.05, 3.63) is 70.1 Å². The number of hydrogen-bond acceptors (Lipinski definition) is 8. The van der Waals surface area contributed by atoms with Crippen LogP contribution in [-0.2, 0) is 28.6 Å².